The average Bonchev–Trinajstić information content (AvgIpc) is 2.80. The molecule has 0 saturated carbocycles. The molecular formula is C22H22IN3O4S. The number of rotatable bonds is 5. The normalized spacial score (nSPS) is 15.1. The molecule has 1 aliphatic rings. The molecule has 2 heterocycles. The molecule has 0 bridgehead atoms. The fourth-order valence-corrected chi connectivity index (χ4v) is 4.95. The molecule has 1 aliphatic heterocycles. The molecule has 0 aliphatic carbocycles. The van der Waals surface area contributed by atoms with Crippen LogP contribution >= 0.6 is 34.4 Å². The lowest BCUT2D eigenvalue weighted by Gasteiger charge is -2.29. The molecule has 1 unspecified atom stereocenters. The zero-order valence-electron chi connectivity index (χ0n) is 17.2. The summed E-state index contributed by atoms with van der Waals surface area (Å²) in [5.74, 6) is 0.656. The van der Waals surface area contributed by atoms with Gasteiger partial charge in [0.1, 0.15) is 5.75 Å². The summed E-state index contributed by atoms with van der Waals surface area (Å²) in [5, 5.41) is 0.607. The number of hydrogen-bond donors (Lipinski definition) is 0. The van der Waals surface area contributed by atoms with Gasteiger partial charge < -0.3 is 14.4 Å². The minimum absolute atomic E-state index is 0.0162. The van der Waals surface area contributed by atoms with Crippen LogP contribution in [0.25, 0.3) is 16.6 Å². The molecule has 0 radical (unpaired) electrons. The standard InChI is InChI=1S/C22H22IN3O4S/c1-14(20(27)25-8-10-30-11-9-25)31-22-24-19-7-6-15(23)12-18(19)21(28)26(22)16-4-3-5-17(13-16)29-2/h3-7,12-14H,8-11H2,1-2H3. The third-order valence-corrected chi connectivity index (χ3v) is 6.77. The highest BCUT2D eigenvalue weighted by molar-refractivity contribution is 14.1. The molecule has 1 fully saturated rings. The number of nitrogens with zero attached hydrogens (tertiary/aromatic N) is 3. The summed E-state index contributed by atoms with van der Waals surface area (Å²) in [6, 6.07) is 12.9. The van der Waals surface area contributed by atoms with Gasteiger partial charge in [0, 0.05) is 22.7 Å². The lowest BCUT2D eigenvalue weighted by atomic mass is 10.2. The van der Waals surface area contributed by atoms with Crippen LogP contribution < -0.4 is 10.3 Å². The maximum absolute atomic E-state index is 13.5. The van der Waals surface area contributed by atoms with Crippen LogP contribution in [0, 0.1) is 3.57 Å². The third-order valence-electron chi connectivity index (χ3n) is 5.06. The smallest absolute Gasteiger partial charge is 0.266 e. The number of thioether (sulfide) groups is 1. The van der Waals surface area contributed by atoms with Gasteiger partial charge in [-0.15, -0.1) is 0 Å². The predicted octanol–water partition coefficient (Wildman–Crippen LogP) is 3.34. The van der Waals surface area contributed by atoms with E-state index in [1.165, 1.54) is 11.8 Å². The van der Waals surface area contributed by atoms with Gasteiger partial charge in [0.05, 0.1) is 42.2 Å². The number of methoxy groups -OCH3 is 1. The van der Waals surface area contributed by atoms with Gasteiger partial charge in [-0.25, -0.2) is 4.98 Å². The second-order valence-electron chi connectivity index (χ2n) is 7.10. The summed E-state index contributed by atoms with van der Waals surface area (Å²) < 4.78 is 13.2. The molecule has 1 saturated heterocycles. The fourth-order valence-electron chi connectivity index (χ4n) is 3.44. The number of aromatic nitrogens is 2. The lowest BCUT2D eigenvalue weighted by molar-refractivity contribution is -0.134. The first-order valence-corrected chi connectivity index (χ1v) is 11.8. The van der Waals surface area contributed by atoms with Gasteiger partial charge in [-0.2, -0.15) is 0 Å². The van der Waals surface area contributed by atoms with E-state index in [4.69, 9.17) is 14.5 Å². The molecule has 0 spiro atoms. The Kier molecular flexibility index (Phi) is 6.83. The number of carbonyl (C=O) groups excluding carboxylic acids is 1. The van der Waals surface area contributed by atoms with Crippen LogP contribution in [-0.2, 0) is 9.53 Å². The van der Waals surface area contributed by atoms with Gasteiger partial charge in [-0.05, 0) is 59.8 Å². The Labute approximate surface area is 197 Å². The van der Waals surface area contributed by atoms with E-state index in [2.05, 4.69) is 22.6 Å². The van der Waals surface area contributed by atoms with Crippen LogP contribution in [0.5, 0.6) is 5.75 Å². The van der Waals surface area contributed by atoms with Crippen molar-refractivity contribution in [3.05, 3.63) is 56.4 Å². The van der Waals surface area contributed by atoms with E-state index in [0.717, 1.165) is 3.57 Å². The summed E-state index contributed by atoms with van der Waals surface area (Å²) in [6.45, 7) is 4.10. The molecule has 3 aromatic rings. The summed E-state index contributed by atoms with van der Waals surface area (Å²) >= 11 is 3.47. The molecule has 4 rings (SSSR count). The Hall–Kier alpha value is -2.11. The van der Waals surface area contributed by atoms with Crippen molar-refractivity contribution in [2.45, 2.75) is 17.3 Å². The molecule has 0 N–H and O–H groups in total. The van der Waals surface area contributed by atoms with Crippen LogP contribution in [0.1, 0.15) is 6.92 Å². The van der Waals surface area contributed by atoms with Crippen LogP contribution in [0.4, 0.5) is 0 Å². The average molecular weight is 551 g/mol. The highest BCUT2D eigenvalue weighted by atomic mass is 127. The minimum atomic E-state index is -0.400. The topological polar surface area (TPSA) is 73.7 Å². The van der Waals surface area contributed by atoms with Gasteiger partial charge >= 0.3 is 0 Å². The Morgan fingerprint density at radius 1 is 1.23 bits per heavy atom. The molecule has 162 valence electrons. The van der Waals surface area contributed by atoms with Gasteiger partial charge in [0.15, 0.2) is 5.16 Å². The molecule has 1 aromatic heterocycles. The van der Waals surface area contributed by atoms with E-state index in [0.29, 0.717) is 53.8 Å². The molecule has 1 amide bonds. The first-order valence-electron chi connectivity index (χ1n) is 9.88. The number of benzene rings is 2. The summed E-state index contributed by atoms with van der Waals surface area (Å²) in [4.78, 5) is 33.0. The first-order chi connectivity index (χ1) is 15.0. The maximum atomic E-state index is 13.5. The van der Waals surface area contributed by atoms with Crippen molar-refractivity contribution >= 4 is 51.2 Å². The number of fused-ring (bicyclic) bond motifs is 1. The highest BCUT2D eigenvalue weighted by Crippen LogP contribution is 2.28. The number of hydrogen-bond acceptors (Lipinski definition) is 6. The van der Waals surface area contributed by atoms with Crippen molar-refractivity contribution < 1.29 is 14.3 Å². The maximum Gasteiger partial charge on any atom is 0.266 e. The van der Waals surface area contributed by atoms with Crippen LogP contribution in [0.15, 0.2) is 52.4 Å². The second-order valence-corrected chi connectivity index (χ2v) is 9.65. The number of ether oxygens (including phenoxy) is 2. The number of halogens is 1. The Balaban J connectivity index is 1.80. The Morgan fingerprint density at radius 3 is 2.74 bits per heavy atom. The van der Waals surface area contributed by atoms with E-state index in [1.807, 2.05) is 43.3 Å². The van der Waals surface area contributed by atoms with Gasteiger partial charge in [-0.3, -0.25) is 14.2 Å². The first kappa shape index (κ1) is 22.1. The number of morpholine rings is 1. The Morgan fingerprint density at radius 2 is 2.00 bits per heavy atom. The molecule has 9 heteroatoms. The van der Waals surface area contributed by atoms with Crippen LogP contribution in [-0.4, -0.2) is 59.0 Å². The van der Waals surface area contributed by atoms with E-state index >= 15 is 0 Å². The van der Waals surface area contributed by atoms with Crippen molar-refractivity contribution in [2.75, 3.05) is 33.4 Å². The number of amides is 1. The summed E-state index contributed by atoms with van der Waals surface area (Å²) in [7, 11) is 1.58. The number of carbonyl (C=O) groups is 1. The van der Waals surface area contributed by atoms with Crippen molar-refractivity contribution in [1.82, 2.24) is 14.5 Å². The van der Waals surface area contributed by atoms with Crippen molar-refractivity contribution in [3.63, 3.8) is 0 Å². The van der Waals surface area contributed by atoms with E-state index in [1.54, 1.807) is 22.6 Å². The van der Waals surface area contributed by atoms with E-state index in [-0.39, 0.29) is 11.5 Å². The van der Waals surface area contributed by atoms with Gasteiger partial charge in [0.2, 0.25) is 5.91 Å². The molecule has 7 nitrogen and oxygen atoms in total. The molecule has 31 heavy (non-hydrogen) atoms. The van der Waals surface area contributed by atoms with Crippen LogP contribution in [0.2, 0.25) is 0 Å². The second kappa shape index (κ2) is 9.58. The zero-order valence-corrected chi connectivity index (χ0v) is 20.2. The summed E-state index contributed by atoms with van der Waals surface area (Å²) in [5.41, 5.74) is 1.08. The molecule has 1 atom stereocenters. The van der Waals surface area contributed by atoms with Gasteiger partial charge in [-0.1, -0.05) is 17.8 Å². The van der Waals surface area contributed by atoms with Gasteiger partial charge in [0.25, 0.3) is 5.56 Å². The van der Waals surface area contributed by atoms with E-state index < -0.39 is 5.25 Å². The van der Waals surface area contributed by atoms with Crippen LogP contribution in [0.3, 0.4) is 0 Å². The lowest BCUT2D eigenvalue weighted by Crippen LogP contribution is -2.44. The fraction of sp³-hybridized carbons (Fsp3) is 0.318. The monoisotopic (exact) mass is 551 g/mol. The zero-order chi connectivity index (χ0) is 22.0. The van der Waals surface area contributed by atoms with Crippen molar-refractivity contribution in [2.24, 2.45) is 0 Å². The SMILES string of the molecule is COc1cccc(-n2c(SC(C)C(=O)N3CCOCC3)nc3ccc(I)cc3c2=O)c1. The largest absolute Gasteiger partial charge is 0.497 e. The summed E-state index contributed by atoms with van der Waals surface area (Å²) in [6.07, 6.45) is 0. The third kappa shape index (κ3) is 4.73. The molecule has 2 aromatic carbocycles. The quantitative estimate of drug-likeness (QED) is 0.275. The highest BCUT2D eigenvalue weighted by Gasteiger charge is 2.25. The van der Waals surface area contributed by atoms with Crippen molar-refractivity contribution in [1.29, 1.82) is 0 Å². The Bertz CT molecular complexity index is 1180. The van der Waals surface area contributed by atoms with E-state index in [9.17, 15) is 9.59 Å². The predicted molar refractivity (Wildman–Crippen MR) is 129 cm³/mol. The minimum Gasteiger partial charge on any atom is -0.497 e. The molecular weight excluding hydrogens is 529 g/mol. The van der Waals surface area contributed by atoms with Crippen molar-refractivity contribution in [3.8, 4) is 11.4 Å².